The van der Waals surface area contributed by atoms with Gasteiger partial charge in [-0.05, 0) is 31.9 Å². The van der Waals surface area contributed by atoms with Crippen molar-refractivity contribution in [2.45, 2.75) is 25.7 Å². The molecule has 0 radical (unpaired) electrons. The van der Waals surface area contributed by atoms with Crippen molar-refractivity contribution >= 4 is 17.7 Å². The molecule has 0 aromatic carbocycles. The summed E-state index contributed by atoms with van der Waals surface area (Å²) in [5.74, 6) is 0.0993. The second-order valence-corrected chi connectivity index (χ2v) is 5.26. The van der Waals surface area contributed by atoms with Crippen LogP contribution in [0, 0.1) is 6.92 Å². The van der Waals surface area contributed by atoms with Gasteiger partial charge in [0.1, 0.15) is 5.69 Å². The van der Waals surface area contributed by atoms with Crippen molar-refractivity contribution in [1.29, 1.82) is 0 Å². The first-order valence-electron chi connectivity index (χ1n) is 7.00. The van der Waals surface area contributed by atoms with Crippen LogP contribution in [0.25, 0.3) is 0 Å². The topological polar surface area (TPSA) is 97.0 Å². The molecule has 2 heterocycles. The summed E-state index contributed by atoms with van der Waals surface area (Å²) in [7, 11) is 1.29. The number of rotatable bonds is 4. The molecular formula is C15H16N4O3. The number of esters is 1. The highest BCUT2D eigenvalue weighted by Crippen LogP contribution is 2.41. The van der Waals surface area contributed by atoms with E-state index in [1.54, 1.807) is 0 Å². The van der Waals surface area contributed by atoms with Crippen molar-refractivity contribution in [3.63, 3.8) is 0 Å². The summed E-state index contributed by atoms with van der Waals surface area (Å²) < 4.78 is 4.63. The van der Waals surface area contributed by atoms with E-state index in [2.05, 4.69) is 25.2 Å². The van der Waals surface area contributed by atoms with Crippen LogP contribution in [0.4, 0.5) is 5.82 Å². The second kappa shape index (κ2) is 5.59. The number of ether oxygens (including phenoxy) is 1. The van der Waals surface area contributed by atoms with Gasteiger partial charge in [0.15, 0.2) is 5.82 Å². The highest BCUT2D eigenvalue weighted by atomic mass is 16.5. The number of nitrogens with zero attached hydrogens (tertiary/aromatic N) is 2. The van der Waals surface area contributed by atoms with E-state index in [9.17, 15) is 9.59 Å². The molecular weight excluding hydrogens is 284 g/mol. The van der Waals surface area contributed by atoms with Gasteiger partial charge in [-0.2, -0.15) is 5.10 Å². The smallest absolute Gasteiger partial charge is 0.337 e. The maximum Gasteiger partial charge on any atom is 0.337 e. The molecule has 0 atom stereocenters. The number of H-pyrrole nitrogens is 1. The van der Waals surface area contributed by atoms with Crippen molar-refractivity contribution in [1.82, 2.24) is 15.2 Å². The molecule has 114 valence electrons. The number of carbonyl (C=O) groups is 2. The number of amides is 1. The largest absolute Gasteiger partial charge is 0.465 e. The average Bonchev–Trinajstić information content (AvgIpc) is 3.32. The standard InChI is InChI=1S/C15H16N4O3/c1-8-12(9-3-4-9)18-19-13(8)17-14(20)11-7-10(5-6-16-11)15(21)22-2/h5-7,9H,3-4H2,1-2H3,(H2,17,18,19,20). The average molecular weight is 300 g/mol. The van der Waals surface area contributed by atoms with Crippen molar-refractivity contribution in [3.8, 4) is 0 Å². The van der Waals surface area contributed by atoms with E-state index in [1.165, 1.54) is 25.4 Å². The Hall–Kier alpha value is -2.70. The lowest BCUT2D eigenvalue weighted by Gasteiger charge is -2.04. The van der Waals surface area contributed by atoms with Crippen LogP contribution in [0.1, 0.15) is 50.9 Å². The molecule has 22 heavy (non-hydrogen) atoms. The fourth-order valence-corrected chi connectivity index (χ4v) is 2.27. The molecule has 1 saturated carbocycles. The van der Waals surface area contributed by atoms with Crippen molar-refractivity contribution < 1.29 is 14.3 Å². The molecule has 1 fully saturated rings. The summed E-state index contributed by atoms with van der Waals surface area (Å²) >= 11 is 0. The first-order valence-corrected chi connectivity index (χ1v) is 7.00. The lowest BCUT2D eigenvalue weighted by atomic mass is 10.2. The molecule has 0 spiro atoms. The van der Waals surface area contributed by atoms with Crippen LogP contribution in [0.2, 0.25) is 0 Å². The van der Waals surface area contributed by atoms with Crippen LogP contribution in [0.5, 0.6) is 0 Å². The number of pyridine rings is 1. The van der Waals surface area contributed by atoms with Gasteiger partial charge in [-0.15, -0.1) is 0 Å². The third kappa shape index (κ3) is 2.69. The fraction of sp³-hybridized carbons (Fsp3) is 0.333. The Morgan fingerprint density at radius 1 is 1.41 bits per heavy atom. The van der Waals surface area contributed by atoms with Crippen LogP contribution in [0.3, 0.4) is 0 Å². The van der Waals surface area contributed by atoms with E-state index >= 15 is 0 Å². The molecule has 0 saturated heterocycles. The predicted octanol–water partition coefficient (Wildman–Crippen LogP) is 2.03. The zero-order valence-corrected chi connectivity index (χ0v) is 12.3. The van der Waals surface area contributed by atoms with Gasteiger partial charge in [-0.3, -0.25) is 14.9 Å². The number of methoxy groups -OCH3 is 1. The van der Waals surface area contributed by atoms with Crippen molar-refractivity contribution in [2.24, 2.45) is 0 Å². The Kier molecular flexibility index (Phi) is 3.62. The Labute approximate surface area is 127 Å². The molecule has 2 aromatic rings. The van der Waals surface area contributed by atoms with Crippen LogP contribution in [0.15, 0.2) is 18.3 Å². The molecule has 0 bridgehead atoms. The summed E-state index contributed by atoms with van der Waals surface area (Å²) in [5, 5.41) is 9.83. The quantitative estimate of drug-likeness (QED) is 0.842. The number of anilines is 1. The molecule has 7 nitrogen and oxygen atoms in total. The van der Waals surface area contributed by atoms with Crippen LogP contribution < -0.4 is 5.32 Å². The molecule has 7 heteroatoms. The molecule has 0 aliphatic heterocycles. The summed E-state index contributed by atoms with van der Waals surface area (Å²) in [6.45, 7) is 1.92. The maximum atomic E-state index is 12.2. The summed E-state index contributed by atoms with van der Waals surface area (Å²) in [4.78, 5) is 27.7. The number of hydrogen-bond acceptors (Lipinski definition) is 5. The van der Waals surface area contributed by atoms with E-state index in [4.69, 9.17) is 0 Å². The summed E-state index contributed by atoms with van der Waals surface area (Å²) in [5.41, 5.74) is 2.44. The first kappa shape index (κ1) is 14.2. The van der Waals surface area contributed by atoms with E-state index in [1.807, 2.05) is 6.92 Å². The van der Waals surface area contributed by atoms with Gasteiger partial charge < -0.3 is 10.1 Å². The van der Waals surface area contributed by atoms with E-state index < -0.39 is 11.9 Å². The molecule has 3 rings (SSSR count). The SMILES string of the molecule is COC(=O)c1ccnc(C(=O)Nc2n[nH]c(C3CC3)c2C)c1. The predicted molar refractivity (Wildman–Crippen MR) is 78.8 cm³/mol. The lowest BCUT2D eigenvalue weighted by molar-refractivity contribution is 0.0600. The third-order valence-corrected chi connectivity index (χ3v) is 3.68. The normalized spacial score (nSPS) is 13.7. The number of aromatic nitrogens is 3. The van der Waals surface area contributed by atoms with Gasteiger partial charge in [0, 0.05) is 23.4 Å². The van der Waals surface area contributed by atoms with Gasteiger partial charge >= 0.3 is 5.97 Å². The molecule has 1 aliphatic rings. The van der Waals surface area contributed by atoms with Gasteiger partial charge in [-0.25, -0.2) is 4.79 Å². The summed E-state index contributed by atoms with van der Waals surface area (Å²) in [6, 6.07) is 2.89. The van der Waals surface area contributed by atoms with Crippen molar-refractivity contribution in [3.05, 3.63) is 40.8 Å². The highest BCUT2D eigenvalue weighted by Gasteiger charge is 2.28. The maximum absolute atomic E-state index is 12.2. The number of aromatic amines is 1. The van der Waals surface area contributed by atoms with Gasteiger partial charge in [0.05, 0.1) is 12.7 Å². The van der Waals surface area contributed by atoms with E-state index in [-0.39, 0.29) is 11.3 Å². The Morgan fingerprint density at radius 3 is 2.86 bits per heavy atom. The minimum Gasteiger partial charge on any atom is -0.465 e. The van der Waals surface area contributed by atoms with Crippen LogP contribution >= 0.6 is 0 Å². The van der Waals surface area contributed by atoms with Crippen molar-refractivity contribution in [2.75, 3.05) is 12.4 Å². The second-order valence-electron chi connectivity index (χ2n) is 5.26. The Morgan fingerprint density at radius 2 is 2.18 bits per heavy atom. The van der Waals surface area contributed by atoms with E-state index in [0.717, 1.165) is 24.1 Å². The van der Waals surface area contributed by atoms with E-state index in [0.29, 0.717) is 11.7 Å². The number of carbonyl (C=O) groups excluding carboxylic acids is 2. The monoisotopic (exact) mass is 300 g/mol. The van der Waals surface area contributed by atoms with Crippen LogP contribution in [-0.4, -0.2) is 34.2 Å². The molecule has 1 amide bonds. The van der Waals surface area contributed by atoms with Crippen LogP contribution in [-0.2, 0) is 4.74 Å². The Balaban J connectivity index is 1.78. The number of nitrogens with one attached hydrogen (secondary N) is 2. The Bertz CT molecular complexity index is 734. The minimum absolute atomic E-state index is 0.137. The zero-order chi connectivity index (χ0) is 15.7. The molecule has 1 aliphatic carbocycles. The van der Waals surface area contributed by atoms with Gasteiger partial charge in [0.25, 0.3) is 5.91 Å². The van der Waals surface area contributed by atoms with Gasteiger partial charge in [0.2, 0.25) is 0 Å². The zero-order valence-electron chi connectivity index (χ0n) is 12.3. The lowest BCUT2D eigenvalue weighted by Crippen LogP contribution is -2.15. The minimum atomic E-state index is -0.511. The first-order chi connectivity index (χ1) is 10.6. The van der Waals surface area contributed by atoms with Gasteiger partial charge in [-0.1, -0.05) is 0 Å². The highest BCUT2D eigenvalue weighted by molar-refractivity contribution is 6.04. The third-order valence-electron chi connectivity index (χ3n) is 3.68. The molecule has 0 unspecified atom stereocenters. The fourth-order valence-electron chi connectivity index (χ4n) is 2.27. The summed E-state index contributed by atoms with van der Waals surface area (Å²) in [6.07, 6.45) is 3.70. The molecule has 2 N–H and O–H groups in total. The molecule has 2 aromatic heterocycles. The number of hydrogen-bond donors (Lipinski definition) is 2.